The third-order valence-corrected chi connectivity index (χ3v) is 3.93. The van der Waals surface area contributed by atoms with Crippen LogP contribution in [0.4, 0.5) is 0 Å². The van der Waals surface area contributed by atoms with Crippen LogP contribution in [0.25, 0.3) is 0 Å². The van der Waals surface area contributed by atoms with Crippen LogP contribution in [0.1, 0.15) is 21.7 Å². The molecule has 92 valence electrons. The van der Waals surface area contributed by atoms with Gasteiger partial charge >= 0.3 is 5.97 Å². The van der Waals surface area contributed by atoms with Gasteiger partial charge in [-0.3, -0.25) is 9.59 Å². The molecule has 0 radical (unpaired) electrons. The van der Waals surface area contributed by atoms with Crippen LogP contribution in [0.3, 0.4) is 0 Å². The first-order valence-electron chi connectivity index (χ1n) is 5.42. The molecule has 0 aliphatic carbocycles. The van der Waals surface area contributed by atoms with Crippen LogP contribution in [-0.2, 0) is 11.3 Å². The minimum atomic E-state index is -0.828. The molecule has 1 atom stereocenters. The van der Waals surface area contributed by atoms with E-state index in [1.807, 2.05) is 11.4 Å². The highest BCUT2D eigenvalue weighted by atomic mass is 32.1. The fraction of sp³-hybridized carbons (Fsp3) is 0.455. The summed E-state index contributed by atoms with van der Waals surface area (Å²) in [5, 5.41) is 10.7. The summed E-state index contributed by atoms with van der Waals surface area (Å²) in [6.07, 6.45) is 0.532. The lowest BCUT2D eigenvalue weighted by Gasteiger charge is -2.15. The molecular formula is C11H14N2O3S. The van der Waals surface area contributed by atoms with E-state index in [0.717, 1.165) is 5.56 Å². The molecule has 6 heteroatoms. The summed E-state index contributed by atoms with van der Waals surface area (Å²) in [5.41, 5.74) is 6.38. The molecule has 1 fully saturated rings. The normalized spacial score (nSPS) is 19.6. The first kappa shape index (κ1) is 12.1. The van der Waals surface area contributed by atoms with E-state index in [1.54, 1.807) is 4.90 Å². The van der Waals surface area contributed by atoms with Crippen molar-refractivity contribution >= 4 is 23.2 Å². The van der Waals surface area contributed by atoms with Gasteiger partial charge in [-0.15, -0.1) is 11.3 Å². The van der Waals surface area contributed by atoms with Crippen molar-refractivity contribution in [3.05, 3.63) is 21.9 Å². The molecule has 2 heterocycles. The van der Waals surface area contributed by atoms with E-state index >= 15 is 0 Å². The Labute approximate surface area is 103 Å². The first-order valence-corrected chi connectivity index (χ1v) is 6.30. The Morgan fingerprint density at radius 3 is 2.94 bits per heavy atom. The number of hydrogen-bond donors (Lipinski definition) is 2. The van der Waals surface area contributed by atoms with Crippen molar-refractivity contribution < 1.29 is 14.7 Å². The average molecular weight is 254 g/mol. The van der Waals surface area contributed by atoms with Crippen molar-refractivity contribution in [1.29, 1.82) is 0 Å². The molecule has 0 saturated carbocycles. The standard InChI is InChI=1S/C11H14N2O3S/c12-5-7-2-4-17-9(7)10(14)13-3-1-8(6-13)11(15)16/h2,4,8H,1,3,5-6,12H2,(H,15,16). The largest absolute Gasteiger partial charge is 0.481 e. The molecule has 1 aromatic heterocycles. The molecule has 1 unspecified atom stereocenters. The van der Waals surface area contributed by atoms with Gasteiger partial charge in [0.25, 0.3) is 5.91 Å². The van der Waals surface area contributed by atoms with Gasteiger partial charge in [0.1, 0.15) is 0 Å². The van der Waals surface area contributed by atoms with Gasteiger partial charge in [-0.05, 0) is 23.4 Å². The topological polar surface area (TPSA) is 83.6 Å². The molecule has 1 amide bonds. The van der Waals surface area contributed by atoms with Crippen molar-refractivity contribution in [2.24, 2.45) is 11.7 Å². The number of likely N-dealkylation sites (tertiary alicyclic amines) is 1. The Balaban J connectivity index is 2.09. The smallest absolute Gasteiger partial charge is 0.308 e. The van der Waals surface area contributed by atoms with E-state index in [2.05, 4.69) is 0 Å². The molecule has 1 aromatic rings. The summed E-state index contributed by atoms with van der Waals surface area (Å²) in [6, 6.07) is 1.84. The van der Waals surface area contributed by atoms with Crippen molar-refractivity contribution in [1.82, 2.24) is 4.90 Å². The van der Waals surface area contributed by atoms with Crippen molar-refractivity contribution in [3.63, 3.8) is 0 Å². The van der Waals surface area contributed by atoms with Gasteiger partial charge in [-0.25, -0.2) is 0 Å². The minimum absolute atomic E-state index is 0.0933. The van der Waals surface area contributed by atoms with Gasteiger partial charge in [0, 0.05) is 19.6 Å². The van der Waals surface area contributed by atoms with Crippen LogP contribution in [0.15, 0.2) is 11.4 Å². The number of carboxylic acid groups (broad SMARTS) is 1. The summed E-state index contributed by atoms with van der Waals surface area (Å²) in [5.74, 6) is -1.35. The van der Waals surface area contributed by atoms with Gasteiger partial charge < -0.3 is 15.7 Å². The summed E-state index contributed by atoms with van der Waals surface area (Å²) in [6.45, 7) is 1.15. The number of carbonyl (C=O) groups is 2. The number of aliphatic carboxylic acids is 1. The maximum atomic E-state index is 12.1. The lowest BCUT2D eigenvalue weighted by Crippen LogP contribution is -2.30. The number of rotatable bonds is 3. The zero-order chi connectivity index (χ0) is 12.4. The van der Waals surface area contributed by atoms with Gasteiger partial charge in [0.15, 0.2) is 0 Å². The van der Waals surface area contributed by atoms with Crippen LogP contribution >= 0.6 is 11.3 Å². The Kier molecular flexibility index (Phi) is 3.44. The average Bonchev–Trinajstić information content (AvgIpc) is 2.96. The second-order valence-electron chi connectivity index (χ2n) is 4.05. The third kappa shape index (κ3) is 2.32. The minimum Gasteiger partial charge on any atom is -0.481 e. The molecule has 3 N–H and O–H groups in total. The first-order chi connectivity index (χ1) is 8.13. The molecule has 0 aromatic carbocycles. The molecule has 5 nitrogen and oxygen atoms in total. The highest BCUT2D eigenvalue weighted by Gasteiger charge is 2.32. The predicted octanol–water partition coefficient (Wildman–Crippen LogP) is 0.754. The highest BCUT2D eigenvalue weighted by molar-refractivity contribution is 7.12. The fourth-order valence-electron chi connectivity index (χ4n) is 1.97. The summed E-state index contributed by atoms with van der Waals surface area (Å²) in [4.78, 5) is 25.2. The number of carbonyl (C=O) groups excluding carboxylic acids is 1. The van der Waals surface area contributed by atoms with E-state index in [0.29, 0.717) is 30.9 Å². The highest BCUT2D eigenvalue weighted by Crippen LogP contribution is 2.23. The monoisotopic (exact) mass is 254 g/mol. The van der Waals surface area contributed by atoms with Crippen molar-refractivity contribution in [2.75, 3.05) is 13.1 Å². The van der Waals surface area contributed by atoms with Gasteiger partial charge in [-0.2, -0.15) is 0 Å². The van der Waals surface area contributed by atoms with Gasteiger partial charge in [-0.1, -0.05) is 0 Å². The molecule has 0 spiro atoms. The maximum absolute atomic E-state index is 12.1. The molecule has 1 aliphatic heterocycles. The summed E-state index contributed by atoms with van der Waals surface area (Å²) >= 11 is 1.36. The zero-order valence-electron chi connectivity index (χ0n) is 9.26. The molecule has 17 heavy (non-hydrogen) atoms. The Bertz CT molecular complexity index is 444. The van der Waals surface area contributed by atoms with E-state index in [1.165, 1.54) is 11.3 Å². The van der Waals surface area contributed by atoms with Crippen LogP contribution in [0.2, 0.25) is 0 Å². The van der Waals surface area contributed by atoms with E-state index in [-0.39, 0.29) is 5.91 Å². The Hall–Kier alpha value is -1.40. The van der Waals surface area contributed by atoms with Crippen molar-refractivity contribution in [3.8, 4) is 0 Å². The van der Waals surface area contributed by atoms with Crippen LogP contribution in [-0.4, -0.2) is 35.0 Å². The molecule has 0 bridgehead atoms. The lowest BCUT2D eigenvalue weighted by atomic mass is 10.1. The van der Waals surface area contributed by atoms with E-state index < -0.39 is 11.9 Å². The van der Waals surface area contributed by atoms with Crippen LogP contribution in [0, 0.1) is 5.92 Å². The number of nitrogens with zero attached hydrogens (tertiary/aromatic N) is 1. The van der Waals surface area contributed by atoms with Crippen molar-refractivity contribution in [2.45, 2.75) is 13.0 Å². The molecular weight excluding hydrogens is 240 g/mol. The number of hydrogen-bond acceptors (Lipinski definition) is 4. The summed E-state index contributed by atoms with van der Waals surface area (Å²) in [7, 11) is 0. The Morgan fingerprint density at radius 2 is 2.35 bits per heavy atom. The number of nitrogens with two attached hydrogens (primary N) is 1. The number of thiophene rings is 1. The van der Waals surface area contributed by atoms with Gasteiger partial charge in [0.05, 0.1) is 10.8 Å². The molecule has 1 saturated heterocycles. The second-order valence-corrected chi connectivity index (χ2v) is 4.97. The lowest BCUT2D eigenvalue weighted by molar-refractivity contribution is -0.141. The second kappa shape index (κ2) is 4.85. The van der Waals surface area contributed by atoms with E-state index in [4.69, 9.17) is 10.8 Å². The Morgan fingerprint density at radius 1 is 1.59 bits per heavy atom. The zero-order valence-corrected chi connectivity index (χ0v) is 10.1. The van der Waals surface area contributed by atoms with Crippen LogP contribution in [0.5, 0.6) is 0 Å². The van der Waals surface area contributed by atoms with Gasteiger partial charge in [0.2, 0.25) is 0 Å². The predicted molar refractivity (Wildman–Crippen MR) is 63.9 cm³/mol. The molecule has 1 aliphatic rings. The van der Waals surface area contributed by atoms with E-state index in [9.17, 15) is 9.59 Å². The SMILES string of the molecule is NCc1ccsc1C(=O)N1CCC(C(=O)O)C1. The van der Waals surface area contributed by atoms with Crippen LogP contribution < -0.4 is 5.73 Å². The maximum Gasteiger partial charge on any atom is 0.308 e. The third-order valence-electron chi connectivity index (χ3n) is 2.99. The number of amides is 1. The quantitative estimate of drug-likeness (QED) is 0.834. The molecule has 2 rings (SSSR count). The number of carboxylic acids is 1. The fourth-order valence-corrected chi connectivity index (χ4v) is 2.88. The summed E-state index contributed by atoms with van der Waals surface area (Å²) < 4.78 is 0.